The molecule has 1 fully saturated rings. The zero-order valence-electron chi connectivity index (χ0n) is 20.5. The van der Waals surface area contributed by atoms with Crippen molar-refractivity contribution in [1.29, 1.82) is 0 Å². The van der Waals surface area contributed by atoms with Crippen LogP contribution in [-0.2, 0) is 4.43 Å². The molecular formula is C25H40N2O3Si2. The first-order valence-corrected chi connectivity index (χ1v) is 18.8. The van der Waals surface area contributed by atoms with E-state index in [1.165, 1.54) is 0 Å². The zero-order valence-corrected chi connectivity index (χ0v) is 22.5. The van der Waals surface area contributed by atoms with Crippen molar-refractivity contribution < 1.29 is 13.9 Å². The number of nitrogens with two attached hydrogens (primary N) is 2. The first kappa shape index (κ1) is 25.0. The molecule has 1 heterocycles. The molecule has 0 radical (unpaired) electrons. The summed E-state index contributed by atoms with van der Waals surface area (Å²) in [6.07, 6.45) is 1.77. The van der Waals surface area contributed by atoms with Crippen LogP contribution in [0.5, 0.6) is 11.5 Å². The molecule has 2 aromatic rings. The molecule has 4 N–H and O–H groups in total. The summed E-state index contributed by atoms with van der Waals surface area (Å²) < 4.78 is 20.4. The second-order valence-electron chi connectivity index (χ2n) is 10.1. The average molecular weight is 473 g/mol. The number of ether oxygens (including phenoxy) is 2. The maximum absolute atomic E-state index is 7.23. The van der Waals surface area contributed by atoms with Gasteiger partial charge in [-0.1, -0.05) is 69.4 Å². The van der Waals surface area contributed by atoms with Gasteiger partial charge < -0.3 is 13.9 Å². The number of benzene rings is 2. The van der Waals surface area contributed by atoms with Crippen molar-refractivity contribution in [2.24, 2.45) is 11.5 Å². The van der Waals surface area contributed by atoms with Crippen LogP contribution < -0.4 is 20.9 Å². The van der Waals surface area contributed by atoms with E-state index in [4.69, 9.17) is 25.4 Å². The summed E-state index contributed by atoms with van der Waals surface area (Å²) in [5.74, 6) is 1.42. The van der Waals surface area contributed by atoms with E-state index in [1.807, 2.05) is 74.5 Å². The van der Waals surface area contributed by atoms with Crippen LogP contribution in [0, 0.1) is 0 Å². The minimum Gasteiger partial charge on any atom is -0.470 e. The Morgan fingerprint density at radius 2 is 1.22 bits per heavy atom. The monoisotopic (exact) mass is 472 g/mol. The summed E-state index contributed by atoms with van der Waals surface area (Å²) in [5.41, 5.74) is 11.1. The summed E-state index contributed by atoms with van der Waals surface area (Å²) >= 11 is 0. The van der Waals surface area contributed by atoms with Gasteiger partial charge in [-0.3, -0.25) is 11.5 Å². The molecule has 0 aromatic heterocycles. The van der Waals surface area contributed by atoms with Gasteiger partial charge in [0.2, 0.25) is 0 Å². The molecule has 0 spiro atoms. The quantitative estimate of drug-likeness (QED) is 0.396. The van der Waals surface area contributed by atoms with Gasteiger partial charge in [0.15, 0.2) is 24.9 Å². The summed E-state index contributed by atoms with van der Waals surface area (Å²) in [5, 5.41) is 0. The molecule has 32 heavy (non-hydrogen) atoms. The smallest absolute Gasteiger partial charge is 0.191 e. The predicted octanol–water partition coefficient (Wildman–Crippen LogP) is 5.43. The van der Waals surface area contributed by atoms with E-state index in [0.717, 1.165) is 6.04 Å². The van der Waals surface area contributed by atoms with Crippen LogP contribution in [0.1, 0.15) is 33.1 Å². The summed E-state index contributed by atoms with van der Waals surface area (Å²) in [6.45, 7) is 13.5. The van der Waals surface area contributed by atoms with E-state index in [0.29, 0.717) is 30.8 Å². The SMILES string of the molecule is CCC(N)(Oc1ccccc1)C1(C(N)(CC)Oc2ccccc2)CC[Si](C)(C)[Si](C)(C)O1. The van der Waals surface area contributed by atoms with Gasteiger partial charge in [0, 0.05) is 12.8 Å². The van der Waals surface area contributed by atoms with Gasteiger partial charge in [0.1, 0.15) is 11.5 Å². The lowest BCUT2D eigenvalue weighted by atomic mass is 9.75. The molecule has 1 aliphatic heterocycles. The van der Waals surface area contributed by atoms with E-state index < -0.39 is 32.5 Å². The molecule has 7 heteroatoms. The van der Waals surface area contributed by atoms with E-state index in [2.05, 4.69) is 26.2 Å². The summed E-state index contributed by atoms with van der Waals surface area (Å²) in [7, 11) is -3.70. The molecule has 2 aromatic carbocycles. The minimum absolute atomic E-state index is 0.533. The standard InChI is InChI=1S/C25H40N2O3Si2/c1-7-24(26,28-21-15-11-9-12-16-21)23(19-20-31(3,4)32(5,6)30-23)25(27,8-2)29-22-17-13-10-14-18-22/h9-18H,7-8,19-20,26-27H2,1-6H3. The Hall–Kier alpha value is -1.65. The number of hydrogen-bond donors (Lipinski definition) is 2. The molecule has 0 aliphatic carbocycles. The minimum atomic E-state index is -2.12. The van der Waals surface area contributed by atoms with Crippen LogP contribution in [0.15, 0.2) is 60.7 Å². The largest absolute Gasteiger partial charge is 0.470 e. The van der Waals surface area contributed by atoms with Crippen LogP contribution in [0.25, 0.3) is 0 Å². The first-order valence-electron chi connectivity index (χ1n) is 11.7. The highest BCUT2D eigenvalue weighted by Gasteiger charge is 2.69. The normalized spacial score (nSPS) is 25.9. The lowest BCUT2D eigenvalue weighted by Crippen LogP contribution is -2.84. The van der Waals surface area contributed by atoms with Crippen LogP contribution in [-0.4, -0.2) is 32.5 Å². The summed E-state index contributed by atoms with van der Waals surface area (Å²) in [6, 6.07) is 20.5. The van der Waals surface area contributed by atoms with Crippen molar-refractivity contribution in [3.63, 3.8) is 0 Å². The van der Waals surface area contributed by atoms with Crippen molar-refractivity contribution in [2.45, 2.75) is 82.4 Å². The lowest BCUT2D eigenvalue weighted by Gasteiger charge is -2.62. The van der Waals surface area contributed by atoms with E-state index in [-0.39, 0.29) is 0 Å². The summed E-state index contributed by atoms with van der Waals surface area (Å²) in [4.78, 5) is 0. The molecule has 2 atom stereocenters. The van der Waals surface area contributed by atoms with Crippen LogP contribution >= 0.6 is 0 Å². The highest BCUT2D eigenvalue weighted by atomic mass is 29.3. The Morgan fingerprint density at radius 1 is 0.812 bits per heavy atom. The highest BCUT2D eigenvalue weighted by Crippen LogP contribution is 2.51. The molecule has 1 aliphatic rings. The second-order valence-corrected chi connectivity index (χ2v) is 25.3. The maximum atomic E-state index is 7.23. The second kappa shape index (κ2) is 8.95. The van der Waals surface area contributed by atoms with E-state index >= 15 is 0 Å². The fourth-order valence-electron chi connectivity index (χ4n) is 4.65. The molecule has 0 amide bonds. The number of hydrogen-bond acceptors (Lipinski definition) is 5. The average Bonchev–Trinajstić information content (AvgIpc) is 2.76. The molecule has 2 unspecified atom stereocenters. The Kier molecular flexibility index (Phi) is 6.99. The third kappa shape index (κ3) is 4.29. The van der Waals surface area contributed by atoms with Crippen LogP contribution in [0.3, 0.4) is 0 Å². The van der Waals surface area contributed by atoms with Gasteiger partial charge in [0.25, 0.3) is 0 Å². The fraction of sp³-hybridized carbons (Fsp3) is 0.520. The van der Waals surface area contributed by atoms with Crippen molar-refractivity contribution in [2.75, 3.05) is 0 Å². The van der Waals surface area contributed by atoms with Crippen molar-refractivity contribution in [3.8, 4) is 11.5 Å². The fourth-order valence-corrected chi connectivity index (χ4v) is 11.4. The van der Waals surface area contributed by atoms with Crippen molar-refractivity contribution in [3.05, 3.63) is 60.7 Å². The molecule has 176 valence electrons. The van der Waals surface area contributed by atoms with Crippen LogP contribution in [0.2, 0.25) is 32.2 Å². The third-order valence-electron chi connectivity index (χ3n) is 7.67. The molecule has 1 saturated heterocycles. The lowest BCUT2D eigenvalue weighted by molar-refractivity contribution is -0.219. The van der Waals surface area contributed by atoms with Gasteiger partial charge in [-0.15, -0.1) is 0 Å². The third-order valence-corrected chi connectivity index (χ3v) is 24.1. The van der Waals surface area contributed by atoms with Crippen molar-refractivity contribution >= 4 is 15.4 Å². The van der Waals surface area contributed by atoms with Gasteiger partial charge in [-0.05, 0) is 43.8 Å². The topological polar surface area (TPSA) is 79.7 Å². The molecule has 0 bridgehead atoms. The molecule has 3 rings (SSSR count). The predicted molar refractivity (Wildman–Crippen MR) is 137 cm³/mol. The Balaban J connectivity index is 2.16. The van der Waals surface area contributed by atoms with Gasteiger partial charge >= 0.3 is 0 Å². The van der Waals surface area contributed by atoms with E-state index in [1.54, 1.807) is 0 Å². The number of para-hydroxylation sites is 2. The highest BCUT2D eigenvalue weighted by molar-refractivity contribution is 7.38. The van der Waals surface area contributed by atoms with Gasteiger partial charge in [0.05, 0.1) is 7.59 Å². The van der Waals surface area contributed by atoms with E-state index in [9.17, 15) is 0 Å². The molecule has 0 saturated carbocycles. The molecule has 5 nitrogen and oxygen atoms in total. The van der Waals surface area contributed by atoms with Crippen LogP contribution in [0.4, 0.5) is 0 Å². The van der Waals surface area contributed by atoms with Crippen molar-refractivity contribution in [1.82, 2.24) is 0 Å². The number of rotatable bonds is 8. The Labute approximate surface area is 195 Å². The Bertz CT molecular complexity index is 839. The zero-order chi connectivity index (χ0) is 23.7. The van der Waals surface area contributed by atoms with Gasteiger partial charge in [-0.25, -0.2) is 0 Å². The maximum Gasteiger partial charge on any atom is 0.191 e. The first-order chi connectivity index (χ1) is 14.9. The Morgan fingerprint density at radius 3 is 1.56 bits per heavy atom. The molecular weight excluding hydrogens is 432 g/mol. The van der Waals surface area contributed by atoms with Gasteiger partial charge in [-0.2, -0.15) is 0 Å².